The SMILES string of the molecule is CC(C)c1cc(-c2ncccc2COc2cccc(O)c2C=O)n[nH]1. The lowest BCUT2D eigenvalue weighted by atomic mass is 10.1. The van der Waals surface area contributed by atoms with Crippen LogP contribution in [0.15, 0.2) is 42.6 Å². The standard InChI is InChI=1S/C19H19N3O3/c1-12(2)15-9-16(22-21-15)19-13(5-4-8-20-19)11-25-18-7-3-6-17(24)14(18)10-23/h3-10,12,24H,11H2,1-2H3,(H,21,22). The molecule has 6 nitrogen and oxygen atoms in total. The number of rotatable bonds is 6. The van der Waals surface area contributed by atoms with Gasteiger partial charge in [0.1, 0.15) is 23.8 Å². The topological polar surface area (TPSA) is 88.1 Å². The third-order valence-corrected chi connectivity index (χ3v) is 3.90. The number of hydrogen-bond acceptors (Lipinski definition) is 5. The van der Waals surface area contributed by atoms with Crippen LogP contribution in [-0.4, -0.2) is 26.6 Å². The molecule has 0 amide bonds. The average molecular weight is 337 g/mol. The Bertz CT molecular complexity index is 887. The summed E-state index contributed by atoms with van der Waals surface area (Å²) in [5.74, 6) is 0.564. The van der Waals surface area contributed by atoms with Gasteiger partial charge in [-0.05, 0) is 30.2 Å². The smallest absolute Gasteiger partial charge is 0.157 e. The number of H-pyrrole nitrogens is 1. The number of benzene rings is 1. The van der Waals surface area contributed by atoms with Gasteiger partial charge in [-0.2, -0.15) is 5.10 Å². The van der Waals surface area contributed by atoms with E-state index in [0.29, 0.717) is 18.0 Å². The summed E-state index contributed by atoms with van der Waals surface area (Å²) < 4.78 is 5.74. The van der Waals surface area contributed by atoms with E-state index in [-0.39, 0.29) is 17.9 Å². The molecule has 2 N–H and O–H groups in total. The highest BCUT2D eigenvalue weighted by molar-refractivity contribution is 5.83. The van der Waals surface area contributed by atoms with Crippen LogP contribution in [0.1, 0.15) is 41.4 Å². The van der Waals surface area contributed by atoms with Gasteiger partial charge in [0.25, 0.3) is 0 Å². The molecule has 0 aliphatic carbocycles. The van der Waals surface area contributed by atoms with Gasteiger partial charge in [-0.1, -0.05) is 26.0 Å². The van der Waals surface area contributed by atoms with E-state index in [4.69, 9.17) is 4.74 Å². The van der Waals surface area contributed by atoms with Crippen LogP contribution in [0.4, 0.5) is 0 Å². The van der Waals surface area contributed by atoms with Gasteiger partial charge in [0.2, 0.25) is 0 Å². The maximum absolute atomic E-state index is 11.1. The first-order chi connectivity index (χ1) is 12.1. The van der Waals surface area contributed by atoms with Crippen molar-refractivity contribution >= 4 is 6.29 Å². The van der Waals surface area contributed by atoms with Crippen LogP contribution in [0, 0.1) is 0 Å². The van der Waals surface area contributed by atoms with E-state index in [0.717, 1.165) is 22.6 Å². The molecular formula is C19H19N3O3. The summed E-state index contributed by atoms with van der Waals surface area (Å²) in [5.41, 5.74) is 3.47. The van der Waals surface area contributed by atoms with E-state index < -0.39 is 0 Å². The Morgan fingerprint density at radius 1 is 1.28 bits per heavy atom. The van der Waals surface area contributed by atoms with E-state index in [1.54, 1.807) is 18.3 Å². The van der Waals surface area contributed by atoms with Gasteiger partial charge in [0, 0.05) is 17.5 Å². The molecule has 128 valence electrons. The van der Waals surface area contributed by atoms with E-state index in [1.807, 2.05) is 18.2 Å². The van der Waals surface area contributed by atoms with Crippen LogP contribution in [-0.2, 0) is 6.61 Å². The highest BCUT2D eigenvalue weighted by Crippen LogP contribution is 2.28. The van der Waals surface area contributed by atoms with Gasteiger partial charge in [-0.15, -0.1) is 0 Å². The highest BCUT2D eigenvalue weighted by atomic mass is 16.5. The maximum Gasteiger partial charge on any atom is 0.157 e. The zero-order valence-corrected chi connectivity index (χ0v) is 14.1. The van der Waals surface area contributed by atoms with Crippen LogP contribution in [0.5, 0.6) is 11.5 Å². The lowest BCUT2D eigenvalue weighted by molar-refractivity contribution is 0.111. The molecule has 2 heterocycles. The first-order valence-electron chi connectivity index (χ1n) is 7.99. The fourth-order valence-electron chi connectivity index (χ4n) is 2.47. The molecule has 2 aromatic heterocycles. The fourth-order valence-corrected chi connectivity index (χ4v) is 2.47. The number of carbonyl (C=O) groups excluding carboxylic acids is 1. The molecule has 0 saturated carbocycles. The minimum Gasteiger partial charge on any atom is -0.507 e. The van der Waals surface area contributed by atoms with Crippen molar-refractivity contribution in [1.29, 1.82) is 0 Å². The number of aromatic amines is 1. The third-order valence-electron chi connectivity index (χ3n) is 3.90. The second-order valence-corrected chi connectivity index (χ2v) is 5.97. The molecule has 0 spiro atoms. The lowest BCUT2D eigenvalue weighted by Gasteiger charge is -2.11. The van der Waals surface area contributed by atoms with Crippen molar-refractivity contribution in [1.82, 2.24) is 15.2 Å². The van der Waals surface area contributed by atoms with Crippen LogP contribution in [0.25, 0.3) is 11.4 Å². The summed E-state index contributed by atoms with van der Waals surface area (Å²) in [6.07, 6.45) is 2.28. The Morgan fingerprint density at radius 3 is 2.84 bits per heavy atom. The molecular weight excluding hydrogens is 318 g/mol. The zero-order chi connectivity index (χ0) is 17.8. The quantitative estimate of drug-likeness (QED) is 0.670. The number of phenolic OH excluding ortho intramolecular Hbond substituents is 1. The van der Waals surface area contributed by atoms with Gasteiger partial charge in [-0.3, -0.25) is 14.9 Å². The Labute approximate surface area is 145 Å². The number of nitrogens with zero attached hydrogens (tertiary/aromatic N) is 2. The van der Waals surface area contributed by atoms with Crippen LogP contribution in [0.3, 0.4) is 0 Å². The summed E-state index contributed by atoms with van der Waals surface area (Å²) in [6.45, 7) is 4.38. The molecule has 0 unspecified atom stereocenters. The molecule has 0 radical (unpaired) electrons. The molecule has 3 aromatic rings. The van der Waals surface area contributed by atoms with Crippen molar-refractivity contribution in [3.8, 4) is 22.9 Å². The van der Waals surface area contributed by atoms with Crippen molar-refractivity contribution < 1.29 is 14.6 Å². The molecule has 3 rings (SSSR count). The molecule has 1 aromatic carbocycles. The van der Waals surface area contributed by atoms with Crippen molar-refractivity contribution in [2.75, 3.05) is 0 Å². The molecule has 0 atom stereocenters. The Balaban J connectivity index is 1.87. The average Bonchev–Trinajstić information content (AvgIpc) is 3.10. The van der Waals surface area contributed by atoms with E-state index in [9.17, 15) is 9.90 Å². The van der Waals surface area contributed by atoms with Gasteiger partial charge in [-0.25, -0.2) is 0 Å². The largest absolute Gasteiger partial charge is 0.507 e. The highest BCUT2D eigenvalue weighted by Gasteiger charge is 2.14. The Kier molecular flexibility index (Phi) is 4.79. The van der Waals surface area contributed by atoms with Crippen LogP contribution >= 0.6 is 0 Å². The Morgan fingerprint density at radius 2 is 2.12 bits per heavy atom. The third kappa shape index (κ3) is 3.52. The molecule has 0 saturated heterocycles. The molecule has 0 aliphatic rings. The van der Waals surface area contributed by atoms with Crippen molar-refractivity contribution in [2.45, 2.75) is 26.4 Å². The lowest BCUT2D eigenvalue weighted by Crippen LogP contribution is -2.01. The number of phenols is 1. The predicted octanol–water partition coefficient (Wildman–Crippen LogP) is 3.69. The second-order valence-electron chi connectivity index (χ2n) is 5.97. The van der Waals surface area contributed by atoms with E-state index >= 15 is 0 Å². The number of ether oxygens (including phenoxy) is 1. The van der Waals surface area contributed by atoms with Crippen LogP contribution in [0.2, 0.25) is 0 Å². The molecule has 0 bridgehead atoms. The Hall–Kier alpha value is -3.15. The zero-order valence-electron chi connectivity index (χ0n) is 14.1. The van der Waals surface area contributed by atoms with Crippen molar-refractivity contribution in [2.24, 2.45) is 0 Å². The van der Waals surface area contributed by atoms with Gasteiger partial charge in [0.15, 0.2) is 6.29 Å². The molecule has 0 fully saturated rings. The summed E-state index contributed by atoms with van der Waals surface area (Å²) in [5, 5.41) is 17.1. The summed E-state index contributed by atoms with van der Waals surface area (Å²) in [7, 11) is 0. The van der Waals surface area contributed by atoms with Crippen LogP contribution < -0.4 is 4.74 Å². The number of pyridine rings is 1. The fraction of sp³-hybridized carbons (Fsp3) is 0.211. The first kappa shape index (κ1) is 16.7. The van der Waals surface area contributed by atoms with Gasteiger partial charge in [0.05, 0.1) is 11.3 Å². The van der Waals surface area contributed by atoms with Crippen molar-refractivity contribution in [3.05, 3.63) is 59.4 Å². The normalized spacial score (nSPS) is 10.8. The van der Waals surface area contributed by atoms with Gasteiger partial charge >= 0.3 is 0 Å². The number of aromatic nitrogens is 3. The summed E-state index contributed by atoms with van der Waals surface area (Å²) in [6, 6.07) is 10.4. The number of nitrogens with one attached hydrogen (secondary N) is 1. The maximum atomic E-state index is 11.1. The van der Waals surface area contributed by atoms with E-state index in [1.165, 1.54) is 6.07 Å². The van der Waals surface area contributed by atoms with E-state index in [2.05, 4.69) is 29.0 Å². The molecule has 25 heavy (non-hydrogen) atoms. The number of hydrogen-bond donors (Lipinski definition) is 2. The van der Waals surface area contributed by atoms with Gasteiger partial charge < -0.3 is 9.84 Å². The molecule has 6 heteroatoms. The molecule has 0 aliphatic heterocycles. The summed E-state index contributed by atoms with van der Waals surface area (Å²) >= 11 is 0. The summed E-state index contributed by atoms with van der Waals surface area (Å²) in [4.78, 5) is 15.6. The predicted molar refractivity (Wildman–Crippen MR) is 93.7 cm³/mol. The number of carbonyl (C=O) groups is 1. The monoisotopic (exact) mass is 337 g/mol. The first-order valence-corrected chi connectivity index (χ1v) is 7.99. The minimum atomic E-state index is -0.104. The minimum absolute atomic E-state index is 0.104. The number of aldehydes is 1. The van der Waals surface area contributed by atoms with Crippen molar-refractivity contribution in [3.63, 3.8) is 0 Å². The number of aromatic hydroxyl groups is 1. The second kappa shape index (κ2) is 7.17.